The van der Waals surface area contributed by atoms with Crippen LogP contribution in [0.25, 0.3) is 10.9 Å². The van der Waals surface area contributed by atoms with Crippen LogP contribution in [0.15, 0.2) is 53.5 Å². The van der Waals surface area contributed by atoms with Crippen molar-refractivity contribution in [2.24, 2.45) is 0 Å². The van der Waals surface area contributed by atoms with Crippen molar-refractivity contribution in [2.45, 2.75) is 0 Å². The van der Waals surface area contributed by atoms with Gasteiger partial charge in [-0.25, -0.2) is 0 Å². The molecule has 70 valence electrons. The van der Waals surface area contributed by atoms with Gasteiger partial charge in [0.1, 0.15) is 6.26 Å². The Hall–Kier alpha value is -2.10. The first-order valence-corrected chi connectivity index (χ1v) is 4.19. The Labute approximate surface area is 80.5 Å². The number of aromatic nitrogens is 3. The molecule has 1 aromatic carbocycles. The lowest BCUT2D eigenvalue weighted by Crippen LogP contribution is -1.63. The summed E-state index contributed by atoms with van der Waals surface area (Å²) >= 11 is 0. The van der Waals surface area contributed by atoms with Gasteiger partial charge in [-0.3, -0.25) is 5.10 Å². The second-order valence-corrected chi connectivity index (χ2v) is 2.65. The summed E-state index contributed by atoms with van der Waals surface area (Å²) in [5.74, 6) is 0. The number of benzene rings is 1. The highest BCUT2D eigenvalue weighted by Gasteiger charge is 1.88. The molecule has 0 fully saturated rings. The molecule has 14 heavy (non-hydrogen) atoms. The molecule has 0 saturated carbocycles. The highest BCUT2D eigenvalue weighted by atomic mass is 16.5. The van der Waals surface area contributed by atoms with E-state index in [1.165, 1.54) is 6.26 Å². The Balaban J connectivity index is 0.000000128. The summed E-state index contributed by atoms with van der Waals surface area (Å²) in [6.07, 6.45) is 4.91. The van der Waals surface area contributed by atoms with Crippen molar-refractivity contribution >= 4 is 10.9 Å². The molecule has 3 rings (SSSR count). The predicted molar refractivity (Wildman–Crippen MR) is 52.6 cm³/mol. The fourth-order valence-electron chi connectivity index (χ4n) is 1.06. The number of rotatable bonds is 0. The van der Waals surface area contributed by atoms with Crippen LogP contribution in [0.5, 0.6) is 0 Å². The predicted octanol–water partition coefficient (Wildman–Crippen LogP) is 2.24. The van der Waals surface area contributed by atoms with Crippen molar-refractivity contribution in [1.82, 2.24) is 15.4 Å². The maximum Gasteiger partial charge on any atom is 0.123 e. The zero-order valence-electron chi connectivity index (χ0n) is 7.42. The first-order valence-electron chi connectivity index (χ1n) is 4.19. The summed E-state index contributed by atoms with van der Waals surface area (Å²) < 4.78 is 4.33. The second-order valence-electron chi connectivity index (χ2n) is 2.65. The van der Waals surface area contributed by atoms with Crippen molar-refractivity contribution in [3.8, 4) is 0 Å². The molecule has 2 aromatic heterocycles. The van der Waals surface area contributed by atoms with Gasteiger partial charge in [0.25, 0.3) is 0 Å². The maximum absolute atomic E-state index is 4.33. The number of hydrogen-bond donors (Lipinski definition) is 1. The molecule has 1 N–H and O–H groups in total. The molecule has 0 radical (unpaired) electrons. The maximum atomic E-state index is 4.33. The van der Waals surface area contributed by atoms with Crippen molar-refractivity contribution in [3.05, 3.63) is 49.0 Å². The summed E-state index contributed by atoms with van der Waals surface area (Å²) in [6, 6.07) is 9.74. The molecule has 0 amide bonds. The van der Waals surface area contributed by atoms with Crippen molar-refractivity contribution < 1.29 is 4.52 Å². The fraction of sp³-hybridized carbons (Fsp3) is 0. The van der Waals surface area contributed by atoms with Crippen LogP contribution in [-0.2, 0) is 0 Å². The lowest BCUT2D eigenvalue weighted by atomic mass is 10.3. The van der Waals surface area contributed by atoms with E-state index in [4.69, 9.17) is 0 Å². The van der Waals surface area contributed by atoms with Crippen LogP contribution in [-0.4, -0.2) is 15.4 Å². The minimum absolute atomic E-state index is 1.09. The van der Waals surface area contributed by atoms with Crippen LogP contribution in [0.3, 0.4) is 0 Å². The quantitative estimate of drug-likeness (QED) is 0.587. The SMILES string of the molecule is c1ccc2[nH]ncc2c1.c1cnoc1. The van der Waals surface area contributed by atoms with Gasteiger partial charge in [-0.1, -0.05) is 23.4 Å². The van der Waals surface area contributed by atoms with Crippen LogP contribution >= 0.6 is 0 Å². The number of hydrogen-bond acceptors (Lipinski definition) is 3. The van der Waals surface area contributed by atoms with Gasteiger partial charge in [0.15, 0.2) is 0 Å². The second kappa shape index (κ2) is 4.23. The van der Waals surface area contributed by atoms with E-state index in [1.54, 1.807) is 12.3 Å². The largest absolute Gasteiger partial charge is 0.365 e. The fourth-order valence-corrected chi connectivity index (χ4v) is 1.06. The third-order valence-corrected chi connectivity index (χ3v) is 1.70. The van der Waals surface area contributed by atoms with Crippen molar-refractivity contribution in [3.63, 3.8) is 0 Å². The minimum Gasteiger partial charge on any atom is -0.365 e. The van der Waals surface area contributed by atoms with Gasteiger partial charge < -0.3 is 4.52 Å². The Kier molecular flexibility index (Phi) is 2.56. The molecule has 3 aromatic rings. The number of H-pyrrole nitrogens is 1. The lowest BCUT2D eigenvalue weighted by molar-refractivity contribution is 0.420. The van der Waals surface area contributed by atoms with Crippen LogP contribution in [0, 0.1) is 0 Å². The van der Waals surface area contributed by atoms with Crippen LogP contribution in [0.4, 0.5) is 0 Å². The summed E-state index contributed by atoms with van der Waals surface area (Å²) in [5, 5.41) is 11.3. The van der Waals surface area contributed by atoms with E-state index in [-0.39, 0.29) is 0 Å². The van der Waals surface area contributed by atoms with Gasteiger partial charge in [-0.2, -0.15) is 5.10 Å². The van der Waals surface area contributed by atoms with E-state index in [0.29, 0.717) is 0 Å². The first kappa shape index (κ1) is 8.50. The van der Waals surface area contributed by atoms with Crippen LogP contribution < -0.4 is 0 Å². The number of nitrogens with zero attached hydrogens (tertiary/aromatic N) is 2. The Morgan fingerprint density at radius 3 is 2.71 bits per heavy atom. The summed E-state index contributed by atoms with van der Waals surface area (Å²) in [6.45, 7) is 0. The summed E-state index contributed by atoms with van der Waals surface area (Å²) in [7, 11) is 0. The molecular weight excluding hydrogens is 178 g/mol. The molecule has 4 nitrogen and oxygen atoms in total. The molecule has 0 aliphatic carbocycles. The highest BCUT2D eigenvalue weighted by Crippen LogP contribution is 2.06. The molecular formula is C10H9N3O. The minimum atomic E-state index is 1.09. The Bertz CT molecular complexity index is 425. The van der Waals surface area contributed by atoms with E-state index in [2.05, 4.69) is 19.9 Å². The number of aromatic amines is 1. The molecule has 0 spiro atoms. The monoisotopic (exact) mass is 187 g/mol. The Morgan fingerprint density at radius 2 is 2.07 bits per heavy atom. The zero-order chi connectivity index (χ0) is 9.64. The normalized spacial score (nSPS) is 9.43. The molecule has 0 saturated heterocycles. The Morgan fingerprint density at radius 1 is 1.14 bits per heavy atom. The number of fused-ring (bicyclic) bond motifs is 1. The zero-order valence-corrected chi connectivity index (χ0v) is 7.42. The highest BCUT2D eigenvalue weighted by molar-refractivity contribution is 5.77. The third-order valence-electron chi connectivity index (χ3n) is 1.70. The molecule has 0 bridgehead atoms. The van der Waals surface area contributed by atoms with Gasteiger partial charge in [0.2, 0.25) is 0 Å². The molecule has 4 heteroatoms. The van der Waals surface area contributed by atoms with E-state index in [0.717, 1.165) is 10.9 Å². The third kappa shape index (κ3) is 1.98. The van der Waals surface area contributed by atoms with Gasteiger partial charge in [-0.15, -0.1) is 0 Å². The van der Waals surface area contributed by atoms with Gasteiger partial charge >= 0.3 is 0 Å². The summed E-state index contributed by atoms with van der Waals surface area (Å²) in [4.78, 5) is 0. The molecule has 0 atom stereocenters. The number of para-hydroxylation sites is 1. The van der Waals surface area contributed by atoms with E-state index >= 15 is 0 Å². The van der Waals surface area contributed by atoms with Crippen molar-refractivity contribution in [1.29, 1.82) is 0 Å². The molecule has 0 aliphatic heterocycles. The lowest BCUT2D eigenvalue weighted by Gasteiger charge is -1.81. The summed E-state index contributed by atoms with van der Waals surface area (Å²) in [5.41, 5.74) is 1.09. The molecule has 0 unspecified atom stereocenters. The smallest absolute Gasteiger partial charge is 0.123 e. The van der Waals surface area contributed by atoms with E-state index in [1.807, 2.05) is 30.5 Å². The topological polar surface area (TPSA) is 54.7 Å². The van der Waals surface area contributed by atoms with Gasteiger partial charge in [0, 0.05) is 5.39 Å². The van der Waals surface area contributed by atoms with Gasteiger partial charge in [0.05, 0.1) is 17.9 Å². The van der Waals surface area contributed by atoms with E-state index in [9.17, 15) is 0 Å². The average molecular weight is 187 g/mol. The molecule has 2 heterocycles. The van der Waals surface area contributed by atoms with Crippen LogP contribution in [0.1, 0.15) is 0 Å². The van der Waals surface area contributed by atoms with E-state index < -0.39 is 0 Å². The first-order chi connectivity index (χ1) is 6.97. The van der Waals surface area contributed by atoms with Gasteiger partial charge in [-0.05, 0) is 12.1 Å². The van der Waals surface area contributed by atoms with Crippen LogP contribution in [0.2, 0.25) is 0 Å². The number of nitrogens with one attached hydrogen (secondary N) is 1. The average Bonchev–Trinajstić information content (AvgIpc) is 2.92. The standard InChI is InChI=1S/C7H6N2.C3H3NO/c1-2-4-7-6(3-1)5-8-9-7;1-2-4-5-3-1/h1-5H,(H,8,9);1-3H. The molecule has 0 aliphatic rings. The van der Waals surface area contributed by atoms with Crippen molar-refractivity contribution in [2.75, 3.05) is 0 Å².